The summed E-state index contributed by atoms with van der Waals surface area (Å²) in [6, 6.07) is 5.41. The number of nitrogens with zero attached hydrogens (tertiary/aromatic N) is 6. The van der Waals surface area contributed by atoms with Crippen LogP contribution >= 0.6 is 11.8 Å². The second kappa shape index (κ2) is 11.5. The summed E-state index contributed by atoms with van der Waals surface area (Å²) in [7, 11) is -6.09. The molecule has 0 N–H and O–H groups in total. The Bertz CT molecular complexity index is 1140. The van der Waals surface area contributed by atoms with E-state index in [9.17, 15) is 23.3 Å². The number of thioether (sulfide) groups is 1. The third-order valence-electron chi connectivity index (χ3n) is 3.34. The van der Waals surface area contributed by atoms with Crippen molar-refractivity contribution in [3.8, 4) is 11.6 Å². The first-order valence-corrected chi connectivity index (χ1v) is 10.4. The fourth-order valence-electron chi connectivity index (χ4n) is 1.96. The van der Waals surface area contributed by atoms with Crippen LogP contribution in [0.1, 0.15) is 5.82 Å². The Morgan fingerprint density at radius 3 is 2.44 bits per heavy atom. The maximum atomic E-state index is 10.9. The maximum absolute atomic E-state index is 10.9. The van der Waals surface area contributed by atoms with Crippen molar-refractivity contribution >= 4 is 27.7 Å². The van der Waals surface area contributed by atoms with Crippen LogP contribution in [0.3, 0.4) is 0 Å². The number of alkyl halides is 3. The van der Waals surface area contributed by atoms with Crippen LogP contribution in [0, 0.1) is 17.0 Å². The molecular weight excluding hydrogens is 577 g/mol. The molecule has 0 spiro atoms. The first kappa shape index (κ1) is 27.7. The van der Waals surface area contributed by atoms with Gasteiger partial charge in [-0.2, -0.15) is 13.2 Å². The van der Waals surface area contributed by atoms with Crippen LogP contribution in [0.2, 0.25) is 0 Å². The summed E-state index contributed by atoms with van der Waals surface area (Å²) >= 11 is 1.32. The molecule has 0 saturated carbocycles. The molecule has 0 aliphatic heterocycles. The molecule has 0 unspecified atom stereocenters. The standard InChI is InChI=1S/C13H12N6O3S.CHF3O3S.Ag/c1-9-15-8-11(19(20)21)18(9)6-7-23-13-17-16-12(22-13)10-4-2-3-5-14-10;2-1(3,4)8(5,6)7;/h2-5,8H,6-7H2,1H3;(H,5,6,7);/q;;+1/p-1. The SMILES string of the molecule is Cc1ncc([N+](=O)[O-])n1CCSc1nnc(-c2ccccn2)o1.O=S(=O)([O-])C(F)(F)F.[Ag+]. The molecule has 0 aromatic carbocycles. The molecule has 0 aliphatic rings. The van der Waals surface area contributed by atoms with Gasteiger partial charge in [-0.3, -0.25) is 4.98 Å². The number of pyridine rings is 1. The molecule has 3 heterocycles. The number of nitro groups is 1. The van der Waals surface area contributed by atoms with E-state index in [-0.39, 0.29) is 28.2 Å². The van der Waals surface area contributed by atoms with E-state index in [1.807, 2.05) is 6.07 Å². The Morgan fingerprint density at radius 1 is 1.25 bits per heavy atom. The van der Waals surface area contributed by atoms with Crippen LogP contribution in [0.5, 0.6) is 0 Å². The van der Waals surface area contributed by atoms with Crippen LogP contribution in [0.15, 0.2) is 40.2 Å². The van der Waals surface area contributed by atoms with E-state index in [1.165, 1.54) is 18.0 Å². The number of rotatable bonds is 6. The molecule has 0 aliphatic carbocycles. The van der Waals surface area contributed by atoms with E-state index < -0.39 is 20.5 Å². The molecule has 3 aromatic rings. The number of imidazole rings is 1. The van der Waals surface area contributed by atoms with Crippen molar-refractivity contribution < 1.29 is 57.9 Å². The van der Waals surface area contributed by atoms with Crippen LogP contribution < -0.4 is 0 Å². The van der Waals surface area contributed by atoms with Crippen molar-refractivity contribution in [1.82, 2.24) is 24.7 Å². The average molecular weight is 589 g/mol. The minimum Gasteiger partial charge on any atom is -0.741 e. The Kier molecular flexibility index (Phi) is 9.98. The first-order valence-electron chi connectivity index (χ1n) is 7.96. The van der Waals surface area contributed by atoms with Crippen molar-refractivity contribution in [3.63, 3.8) is 0 Å². The van der Waals surface area contributed by atoms with Gasteiger partial charge in [0.1, 0.15) is 18.4 Å². The minimum absolute atomic E-state index is 0. The molecule has 18 heteroatoms. The van der Waals surface area contributed by atoms with Gasteiger partial charge in [0.05, 0.1) is 0 Å². The van der Waals surface area contributed by atoms with Gasteiger partial charge in [0.25, 0.3) is 11.1 Å². The quantitative estimate of drug-likeness (QED) is 0.103. The maximum Gasteiger partial charge on any atom is 1.00 e. The number of aromatic nitrogens is 5. The summed E-state index contributed by atoms with van der Waals surface area (Å²) in [4.78, 5) is 18.6. The predicted molar refractivity (Wildman–Crippen MR) is 97.6 cm³/mol. The van der Waals surface area contributed by atoms with E-state index in [0.717, 1.165) is 0 Å². The number of hydrogen-bond acceptors (Lipinski definition) is 11. The Hall–Kier alpha value is -2.31. The summed E-state index contributed by atoms with van der Waals surface area (Å²) in [6.45, 7) is 2.15. The van der Waals surface area contributed by atoms with Crippen molar-refractivity contribution in [1.29, 1.82) is 0 Å². The van der Waals surface area contributed by atoms with Crippen LogP contribution in [0.4, 0.5) is 19.0 Å². The van der Waals surface area contributed by atoms with Crippen molar-refractivity contribution in [2.24, 2.45) is 0 Å². The average Bonchev–Trinajstić information content (AvgIpc) is 3.29. The van der Waals surface area contributed by atoms with E-state index in [2.05, 4.69) is 20.2 Å². The Balaban J connectivity index is 0.000000491. The normalized spacial score (nSPS) is 11.3. The smallest absolute Gasteiger partial charge is 0.741 e. The number of halogens is 3. The fraction of sp³-hybridized carbons (Fsp3) is 0.286. The molecule has 0 fully saturated rings. The van der Waals surface area contributed by atoms with Gasteiger partial charge in [-0.25, -0.2) is 18.0 Å². The molecular formula is C14H12AgF3N6O6S2. The molecule has 0 bridgehead atoms. The third kappa shape index (κ3) is 7.68. The molecule has 0 radical (unpaired) electrons. The second-order valence-corrected chi connectivity index (χ2v) is 7.83. The molecule has 178 valence electrons. The van der Waals surface area contributed by atoms with Gasteiger partial charge in [-0.15, -0.1) is 10.2 Å². The summed E-state index contributed by atoms with van der Waals surface area (Å²) in [6.07, 6.45) is 2.90. The number of aryl methyl sites for hydroxylation is 1. The fourth-order valence-corrected chi connectivity index (χ4v) is 2.65. The first-order chi connectivity index (χ1) is 14.4. The molecule has 0 atom stereocenters. The van der Waals surface area contributed by atoms with E-state index in [0.29, 0.717) is 34.9 Å². The van der Waals surface area contributed by atoms with Crippen molar-refractivity contribution in [3.05, 3.63) is 46.5 Å². The summed E-state index contributed by atoms with van der Waals surface area (Å²) in [5.74, 6) is 1.46. The second-order valence-electron chi connectivity index (χ2n) is 5.41. The van der Waals surface area contributed by atoms with Gasteiger partial charge >= 0.3 is 33.7 Å². The molecule has 3 rings (SSSR count). The van der Waals surface area contributed by atoms with Gasteiger partial charge in [0.2, 0.25) is 0 Å². The molecule has 3 aromatic heterocycles. The largest absolute Gasteiger partial charge is 1.00 e. The summed E-state index contributed by atoms with van der Waals surface area (Å²) in [5, 5.41) is 19.2. The van der Waals surface area contributed by atoms with E-state index >= 15 is 0 Å². The molecule has 12 nitrogen and oxygen atoms in total. The monoisotopic (exact) mass is 588 g/mol. The van der Waals surface area contributed by atoms with Gasteiger partial charge in [-0.05, 0) is 17.1 Å². The van der Waals surface area contributed by atoms with Crippen molar-refractivity contribution in [2.45, 2.75) is 24.2 Å². The van der Waals surface area contributed by atoms with E-state index in [4.69, 9.17) is 17.4 Å². The zero-order chi connectivity index (χ0) is 23.2. The summed E-state index contributed by atoms with van der Waals surface area (Å²) in [5.41, 5.74) is -5.04. The summed E-state index contributed by atoms with van der Waals surface area (Å²) < 4.78 is 66.0. The van der Waals surface area contributed by atoms with Crippen LogP contribution in [-0.2, 0) is 39.0 Å². The minimum atomic E-state index is -6.09. The molecule has 0 saturated heterocycles. The van der Waals surface area contributed by atoms with Gasteiger partial charge in [0, 0.05) is 18.9 Å². The van der Waals surface area contributed by atoms with E-state index in [1.54, 1.807) is 29.8 Å². The predicted octanol–water partition coefficient (Wildman–Crippen LogP) is 2.39. The third-order valence-corrected chi connectivity index (χ3v) is 4.70. The number of hydrogen-bond donors (Lipinski definition) is 0. The van der Waals surface area contributed by atoms with Gasteiger partial charge in [0.15, 0.2) is 15.9 Å². The Labute approximate surface area is 198 Å². The van der Waals surface area contributed by atoms with Gasteiger partial charge < -0.3 is 19.1 Å². The van der Waals surface area contributed by atoms with Crippen LogP contribution in [0.25, 0.3) is 11.6 Å². The zero-order valence-electron chi connectivity index (χ0n) is 15.7. The van der Waals surface area contributed by atoms with Gasteiger partial charge in [-0.1, -0.05) is 17.8 Å². The Morgan fingerprint density at radius 2 is 1.91 bits per heavy atom. The zero-order valence-corrected chi connectivity index (χ0v) is 18.8. The van der Waals surface area contributed by atoms with Crippen molar-refractivity contribution in [2.75, 3.05) is 5.75 Å². The molecule has 32 heavy (non-hydrogen) atoms. The topological polar surface area (TPSA) is 170 Å². The van der Waals surface area contributed by atoms with Crippen LogP contribution in [-0.4, -0.2) is 53.9 Å². The molecule has 0 amide bonds.